The quantitative estimate of drug-likeness (QED) is 0.910. The fourth-order valence-corrected chi connectivity index (χ4v) is 3.22. The van der Waals surface area contributed by atoms with Crippen LogP contribution in [0.2, 0.25) is 0 Å². The third-order valence-corrected chi connectivity index (χ3v) is 4.38. The summed E-state index contributed by atoms with van der Waals surface area (Å²) in [5.41, 5.74) is 1.06. The highest BCUT2D eigenvalue weighted by molar-refractivity contribution is 5.20. The molecule has 1 N–H and O–H groups in total. The largest absolute Gasteiger partial charge is 0.395 e. The third kappa shape index (κ3) is 2.74. The number of nitrogens with zero attached hydrogens (tertiary/aromatic N) is 1. The van der Waals surface area contributed by atoms with E-state index in [1.807, 2.05) is 37.3 Å². The van der Waals surface area contributed by atoms with Crippen molar-refractivity contribution >= 4 is 0 Å². The SMILES string of the molecule is CC1(c2ccccc2)OCC(CN2CCCC2CO)O1. The van der Waals surface area contributed by atoms with Crippen molar-refractivity contribution in [2.24, 2.45) is 0 Å². The molecule has 0 spiro atoms. The van der Waals surface area contributed by atoms with E-state index >= 15 is 0 Å². The number of rotatable bonds is 4. The molecule has 0 radical (unpaired) electrons. The van der Waals surface area contributed by atoms with Gasteiger partial charge in [-0.25, -0.2) is 0 Å². The summed E-state index contributed by atoms with van der Waals surface area (Å²) in [7, 11) is 0. The molecule has 110 valence electrons. The molecule has 2 saturated heterocycles. The van der Waals surface area contributed by atoms with E-state index in [0.29, 0.717) is 12.6 Å². The minimum atomic E-state index is -0.639. The Morgan fingerprint density at radius 3 is 2.90 bits per heavy atom. The predicted molar refractivity (Wildman–Crippen MR) is 76.3 cm³/mol. The summed E-state index contributed by atoms with van der Waals surface area (Å²) in [6, 6.07) is 10.4. The van der Waals surface area contributed by atoms with Gasteiger partial charge in [-0.2, -0.15) is 0 Å². The molecule has 3 atom stereocenters. The number of aliphatic hydroxyl groups excluding tert-OH is 1. The first kappa shape index (κ1) is 14.0. The van der Waals surface area contributed by atoms with E-state index in [1.54, 1.807) is 0 Å². The minimum absolute atomic E-state index is 0.0763. The van der Waals surface area contributed by atoms with Crippen LogP contribution in [0.1, 0.15) is 25.3 Å². The van der Waals surface area contributed by atoms with Gasteiger partial charge in [0.1, 0.15) is 0 Å². The molecule has 0 aromatic heterocycles. The van der Waals surface area contributed by atoms with E-state index in [9.17, 15) is 5.11 Å². The van der Waals surface area contributed by atoms with Gasteiger partial charge in [0.05, 0.1) is 19.3 Å². The number of benzene rings is 1. The van der Waals surface area contributed by atoms with Gasteiger partial charge in [-0.1, -0.05) is 30.3 Å². The van der Waals surface area contributed by atoms with Crippen molar-refractivity contribution in [2.45, 2.75) is 37.7 Å². The molecule has 2 fully saturated rings. The van der Waals surface area contributed by atoms with Gasteiger partial charge >= 0.3 is 0 Å². The van der Waals surface area contributed by atoms with Crippen LogP contribution in [0, 0.1) is 0 Å². The summed E-state index contributed by atoms with van der Waals surface area (Å²) in [5, 5.41) is 9.38. The van der Waals surface area contributed by atoms with Crippen molar-refractivity contribution in [3.05, 3.63) is 35.9 Å². The summed E-state index contributed by atoms with van der Waals surface area (Å²) in [6.07, 6.45) is 2.32. The second-order valence-electron chi connectivity index (χ2n) is 5.84. The highest BCUT2D eigenvalue weighted by Crippen LogP contribution is 2.34. The van der Waals surface area contributed by atoms with Crippen LogP contribution in [-0.4, -0.2) is 48.5 Å². The van der Waals surface area contributed by atoms with Crippen LogP contribution in [0.25, 0.3) is 0 Å². The molecule has 0 aliphatic carbocycles. The average Bonchev–Trinajstić information content (AvgIpc) is 3.08. The third-order valence-electron chi connectivity index (χ3n) is 4.38. The Balaban J connectivity index is 1.62. The van der Waals surface area contributed by atoms with Gasteiger partial charge < -0.3 is 14.6 Å². The molecule has 4 heteroatoms. The lowest BCUT2D eigenvalue weighted by molar-refractivity contribution is -0.163. The molecule has 1 aromatic carbocycles. The van der Waals surface area contributed by atoms with Crippen molar-refractivity contribution in [3.63, 3.8) is 0 Å². The van der Waals surface area contributed by atoms with Crippen LogP contribution in [0.5, 0.6) is 0 Å². The van der Waals surface area contributed by atoms with E-state index < -0.39 is 5.79 Å². The second kappa shape index (κ2) is 5.82. The maximum Gasteiger partial charge on any atom is 0.192 e. The standard InChI is InChI=1S/C16H23NO3/c1-16(13-6-3-2-4-7-13)19-12-15(20-16)10-17-9-5-8-14(17)11-18/h2-4,6-7,14-15,18H,5,8-12H2,1H3. The van der Waals surface area contributed by atoms with Crippen LogP contribution in [-0.2, 0) is 15.3 Å². The first-order valence-electron chi connectivity index (χ1n) is 7.43. The normalized spacial score (nSPS) is 34.7. The van der Waals surface area contributed by atoms with Crippen LogP contribution in [0.4, 0.5) is 0 Å². The van der Waals surface area contributed by atoms with E-state index in [4.69, 9.17) is 9.47 Å². The maximum absolute atomic E-state index is 9.38. The molecular weight excluding hydrogens is 254 g/mol. The molecule has 0 saturated carbocycles. The summed E-state index contributed by atoms with van der Waals surface area (Å²) in [4.78, 5) is 2.32. The zero-order valence-electron chi connectivity index (χ0n) is 12.0. The van der Waals surface area contributed by atoms with E-state index in [0.717, 1.165) is 31.5 Å². The predicted octanol–water partition coefficient (Wildman–Crippen LogP) is 1.73. The Hall–Kier alpha value is -0.940. The molecule has 20 heavy (non-hydrogen) atoms. The van der Waals surface area contributed by atoms with E-state index in [-0.39, 0.29) is 12.7 Å². The zero-order valence-corrected chi connectivity index (χ0v) is 12.0. The van der Waals surface area contributed by atoms with Crippen LogP contribution < -0.4 is 0 Å². The Morgan fingerprint density at radius 2 is 2.15 bits per heavy atom. The van der Waals surface area contributed by atoms with Gasteiger partial charge in [-0.15, -0.1) is 0 Å². The summed E-state index contributed by atoms with van der Waals surface area (Å²) in [5.74, 6) is -0.639. The van der Waals surface area contributed by atoms with Crippen molar-refractivity contribution in [3.8, 4) is 0 Å². The van der Waals surface area contributed by atoms with Gasteiger partial charge in [-0.3, -0.25) is 4.90 Å². The molecule has 0 amide bonds. The van der Waals surface area contributed by atoms with E-state index in [1.165, 1.54) is 0 Å². The molecule has 3 unspecified atom stereocenters. The van der Waals surface area contributed by atoms with Gasteiger partial charge in [0.25, 0.3) is 0 Å². The topological polar surface area (TPSA) is 41.9 Å². The first-order chi connectivity index (χ1) is 9.71. The van der Waals surface area contributed by atoms with Gasteiger partial charge in [0, 0.05) is 18.2 Å². The summed E-state index contributed by atoms with van der Waals surface area (Å²) >= 11 is 0. The number of hydrogen-bond acceptors (Lipinski definition) is 4. The summed E-state index contributed by atoms with van der Waals surface area (Å²) < 4.78 is 12.1. The van der Waals surface area contributed by atoms with Gasteiger partial charge in [0.2, 0.25) is 0 Å². The van der Waals surface area contributed by atoms with Crippen molar-refractivity contribution in [1.82, 2.24) is 4.90 Å². The van der Waals surface area contributed by atoms with E-state index in [2.05, 4.69) is 4.90 Å². The minimum Gasteiger partial charge on any atom is -0.395 e. The lowest BCUT2D eigenvalue weighted by atomic mass is 10.1. The maximum atomic E-state index is 9.38. The monoisotopic (exact) mass is 277 g/mol. The molecule has 1 aromatic rings. The van der Waals surface area contributed by atoms with Crippen LogP contribution >= 0.6 is 0 Å². The number of ether oxygens (including phenoxy) is 2. The number of likely N-dealkylation sites (tertiary alicyclic amines) is 1. The Labute approximate surface area is 120 Å². The highest BCUT2D eigenvalue weighted by Gasteiger charge is 2.40. The van der Waals surface area contributed by atoms with Crippen LogP contribution in [0.3, 0.4) is 0 Å². The zero-order chi connectivity index (χ0) is 14.0. The fraction of sp³-hybridized carbons (Fsp3) is 0.625. The average molecular weight is 277 g/mol. The molecular formula is C16H23NO3. The molecule has 2 aliphatic rings. The number of aliphatic hydroxyl groups is 1. The number of hydrogen-bond donors (Lipinski definition) is 1. The Morgan fingerprint density at radius 1 is 1.35 bits per heavy atom. The second-order valence-corrected chi connectivity index (χ2v) is 5.84. The molecule has 2 heterocycles. The highest BCUT2D eigenvalue weighted by atomic mass is 16.7. The van der Waals surface area contributed by atoms with Crippen molar-refractivity contribution in [2.75, 3.05) is 26.3 Å². The smallest absolute Gasteiger partial charge is 0.192 e. The molecule has 3 rings (SSSR count). The first-order valence-corrected chi connectivity index (χ1v) is 7.43. The molecule has 2 aliphatic heterocycles. The van der Waals surface area contributed by atoms with Crippen molar-refractivity contribution < 1.29 is 14.6 Å². The Bertz CT molecular complexity index is 439. The molecule has 0 bridgehead atoms. The summed E-state index contributed by atoms with van der Waals surface area (Å²) in [6.45, 7) is 4.72. The van der Waals surface area contributed by atoms with Crippen molar-refractivity contribution in [1.29, 1.82) is 0 Å². The Kier molecular flexibility index (Phi) is 4.08. The fourth-order valence-electron chi connectivity index (χ4n) is 3.22. The lowest BCUT2D eigenvalue weighted by Crippen LogP contribution is -2.39. The lowest BCUT2D eigenvalue weighted by Gasteiger charge is -2.27. The molecule has 4 nitrogen and oxygen atoms in total. The van der Waals surface area contributed by atoms with Gasteiger partial charge in [-0.05, 0) is 26.3 Å². The van der Waals surface area contributed by atoms with Gasteiger partial charge in [0.15, 0.2) is 5.79 Å². The van der Waals surface area contributed by atoms with Crippen LogP contribution in [0.15, 0.2) is 30.3 Å².